The summed E-state index contributed by atoms with van der Waals surface area (Å²) in [6, 6.07) is 27.2. The van der Waals surface area contributed by atoms with Gasteiger partial charge < -0.3 is 14.5 Å². The second-order valence-corrected chi connectivity index (χ2v) is 6.35. The quantitative estimate of drug-likeness (QED) is 0.358. The van der Waals surface area contributed by atoms with E-state index in [0.29, 0.717) is 24.6 Å². The standard InChI is InChI=1S/C24H19N3O2/c25-17-19(24-26-22-11-4-5-12-23(22)27-24)15-18-7-6-10-21(16-18)29-14-13-28-20-8-2-1-3-9-20/h1-12,15-16H,13-14H2,(H,26,27)/b19-15+. The predicted molar refractivity (Wildman–Crippen MR) is 113 cm³/mol. The Labute approximate surface area is 168 Å². The number of fused-ring (bicyclic) bond motifs is 1. The van der Waals surface area contributed by atoms with E-state index in [-0.39, 0.29) is 0 Å². The molecule has 0 unspecified atom stereocenters. The summed E-state index contributed by atoms with van der Waals surface area (Å²) in [7, 11) is 0. The molecule has 0 aliphatic heterocycles. The molecule has 0 spiro atoms. The zero-order chi connectivity index (χ0) is 19.9. The number of nitrogens with zero attached hydrogens (tertiary/aromatic N) is 2. The Balaban J connectivity index is 1.43. The van der Waals surface area contributed by atoms with Crippen LogP contribution in [0.5, 0.6) is 11.5 Å². The van der Waals surface area contributed by atoms with Gasteiger partial charge in [0, 0.05) is 0 Å². The van der Waals surface area contributed by atoms with Gasteiger partial charge in [-0.1, -0.05) is 42.5 Å². The van der Waals surface area contributed by atoms with E-state index in [1.54, 1.807) is 6.08 Å². The van der Waals surface area contributed by atoms with Crippen molar-refractivity contribution in [3.63, 3.8) is 0 Å². The number of rotatable bonds is 7. The van der Waals surface area contributed by atoms with Crippen molar-refractivity contribution >= 4 is 22.7 Å². The van der Waals surface area contributed by atoms with Crippen LogP contribution in [0.4, 0.5) is 0 Å². The largest absolute Gasteiger partial charge is 0.490 e. The summed E-state index contributed by atoms with van der Waals surface area (Å²) in [6.45, 7) is 0.878. The minimum Gasteiger partial charge on any atom is -0.490 e. The number of para-hydroxylation sites is 3. The molecule has 1 aromatic heterocycles. The number of aromatic nitrogens is 2. The topological polar surface area (TPSA) is 70.9 Å². The lowest BCUT2D eigenvalue weighted by atomic mass is 10.1. The third-order valence-corrected chi connectivity index (χ3v) is 4.30. The molecule has 5 heteroatoms. The third-order valence-electron chi connectivity index (χ3n) is 4.30. The normalized spacial score (nSPS) is 11.2. The average molecular weight is 381 g/mol. The molecule has 0 atom stereocenters. The number of ether oxygens (including phenoxy) is 2. The summed E-state index contributed by atoms with van der Waals surface area (Å²) < 4.78 is 11.4. The van der Waals surface area contributed by atoms with Crippen LogP contribution in [0.15, 0.2) is 78.9 Å². The Morgan fingerprint density at radius 2 is 1.62 bits per heavy atom. The first kappa shape index (κ1) is 18.3. The molecule has 0 saturated heterocycles. The SMILES string of the molecule is N#C/C(=C\c1cccc(OCCOc2ccccc2)c1)c1nc2ccccc2[nH]1. The lowest BCUT2D eigenvalue weighted by Crippen LogP contribution is -2.08. The number of aromatic amines is 1. The smallest absolute Gasteiger partial charge is 0.149 e. The molecule has 142 valence electrons. The number of nitriles is 1. The summed E-state index contributed by atoms with van der Waals surface area (Å²) >= 11 is 0. The lowest BCUT2D eigenvalue weighted by molar-refractivity contribution is 0.217. The first-order valence-corrected chi connectivity index (χ1v) is 9.29. The van der Waals surface area contributed by atoms with Crippen molar-refractivity contribution < 1.29 is 9.47 Å². The molecule has 0 amide bonds. The molecular weight excluding hydrogens is 362 g/mol. The minimum atomic E-state index is 0.427. The molecule has 0 saturated carbocycles. The minimum absolute atomic E-state index is 0.427. The van der Waals surface area contributed by atoms with Crippen LogP contribution in [-0.2, 0) is 0 Å². The molecule has 0 radical (unpaired) electrons. The van der Waals surface area contributed by atoms with Gasteiger partial charge in [0.25, 0.3) is 0 Å². The Hall–Kier alpha value is -4.04. The maximum Gasteiger partial charge on any atom is 0.149 e. The van der Waals surface area contributed by atoms with E-state index in [4.69, 9.17) is 9.47 Å². The fraction of sp³-hybridized carbons (Fsp3) is 0.0833. The van der Waals surface area contributed by atoms with Gasteiger partial charge >= 0.3 is 0 Å². The second-order valence-electron chi connectivity index (χ2n) is 6.35. The Kier molecular flexibility index (Phi) is 5.54. The number of hydrogen-bond donors (Lipinski definition) is 1. The Morgan fingerprint density at radius 3 is 2.41 bits per heavy atom. The van der Waals surface area contributed by atoms with Crippen LogP contribution in [0, 0.1) is 11.3 Å². The molecule has 3 aromatic carbocycles. The van der Waals surface area contributed by atoms with Crippen molar-refractivity contribution in [3.05, 3.63) is 90.3 Å². The average Bonchev–Trinajstić information content (AvgIpc) is 3.20. The van der Waals surface area contributed by atoms with E-state index in [0.717, 1.165) is 28.1 Å². The van der Waals surface area contributed by atoms with Crippen LogP contribution < -0.4 is 9.47 Å². The van der Waals surface area contributed by atoms with Crippen molar-refractivity contribution in [1.29, 1.82) is 5.26 Å². The zero-order valence-corrected chi connectivity index (χ0v) is 15.7. The molecule has 4 aromatic rings. The van der Waals surface area contributed by atoms with Gasteiger partial charge in [0.1, 0.15) is 36.6 Å². The Bertz CT molecular complexity index is 1140. The van der Waals surface area contributed by atoms with Crippen molar-refractivity contribution in [1.82, 2.24) is 9.97 Å². The highest BCUT2D eigenvalue weighted by Crippen LogP contribution is 2.21. The molecule has 0 bridgehead atoms. The van der Waals surface area contributed by atoms with Gasteiger partial charge in [0.15, 0.2) is 0 Å². The van der Waals surface area contributed by atoms with E-state index in [1.165, 1.54) is 0 Å². The molecule has 5 nitrogen and oxygen atoms in total. The predicted octanol–water partition coefficient (Wildman–Crippen LogP) is 5.08. The molecular formula is C24H19N3O2. The molecule has 0 aliphatic rings. The molecule has 1 heterocycles. The third kappa shape index (κ3) is 4.63. The van der Waals surface area contributed by atoms with Crippen molar-refractivity contribution in [2.45, 2.75) is 0 Å². The molecule has 29 heavy (non-hydrogen) atoms. The number of nitrogens with one attached hydrogen (secondary N) is 1. The maximum absolute atomic E-state index is 9.59. The highest BCUT2D eigenvalue weighted by atomic mass is 16.5. The van der Waals surface area contributed by atoms with Crippen LogP contribution in [0.1, 0.15) is 11.4 Å². The summed E-state index contributed by atoms with van der Waals surface area (Å²) in [5.41, 5.74) is 3.06. The number of allylic oxidation sites excluding steroid dienone is 1. The summed E-state index contributed by atoms with van der Waals surface area (Å²) in [5.74, 6) is 2.09. The molecule has 1 N–H and O–H groups in total. The monoisotopic (exact) mass is 381 g/mol. The van der Waals surface area contributed by atoms with Crippen molar-refractivity contribution in [2.24, 2.45) is 0 Å². The van der Waals surface area contributed by atoms with Gasteiger partial charge in [-0.2, -0.15) is 5.26 Å². The highest BCUT2D eigenvalue weighted by Gasteiger charge is 2.08. The van der Waals surface area contributed by atoms with Gasteiger partial charge in [-0.15, -0.1) is 0 Å². The van der Waals surface area contributed by atoms with Crippen LogP contribution in [-0.4, -0.2) is 23.2 Å². The first-order chi connectivity index (χ1) is 14.3. The number of hydrogen-bond acceptors (Lipinski definition) is 4. The molecule has 4 rings (SSSR count). The van der Waals surface area contributed by atoms with E-state index in [9.17, 15) is 5.26 Å². The Morgan fingerprint density at radius 1 is 0.897 bits per heavy atom. The van der Waals surface area contributed by atoms with Crippen LogP contribution >= 0.6 is 0 Å². The fourth-order valence-corrected chi connectivity index (χ4v) is 2.93. The van der Waals surface area contributed by atoms with Gasteiger partial charge in [-0.3, -0.25) is 0 Å². The lowest BCUT2D eigenvalue weighted by Gasteiger charge is -2.08. The van der Waals surface area contributed by atoms with E-state index in [2.05, 4.69) is 16.0 Å². The molecule has 0 fully saturated rings. The van der Waals surface area contributed by atoms with Gasteiger partial charge in [0.05, 0.1) is 16.6 Å². The van der Waals surface area contributed by atoms with Crippen molar-refractivity contribution in [2.75, 3.05) is 13.2 Å². The maximum atomic E-state index is 9.59. The first-order valence-electron chi connectivity index (χ1n) is 9.29. The van der Waals surface area contributed by atoms with E-state index < -0.39 is 0 Å². The van der Waals surface area contributed by atoms with Gasteiger partial charge in [-0.05, 0) is 48.0 Å². The van der Waals surface area contributed by atoms with Gasteiger partial charge in [-0.25, -0.2) is 4.98 Å². The second kappa shape index (κ2) is 8.77. The summed E-state index contributed by atoms with van der Waals surface area (Å²) in [6.07, 6.45) is 1.80. The fourth-order valence-electron chi connectivity index (χ4n) is 2.93. The number of H-pyrrole nitrogens is 1. The summed E-state index contributed by atoms with van der Waals surface area (Å²) in [4.78, 5) is 7.69. The van der Waals surface area contributed by atoms with Gasteiger partial charge in [0.2, 0.25) is 0 Å². The van der Waals surface area contributed by atoms with Crippen LogP contribution in [0.25, 0.3) is 22.7 Å². The van der Waals surface area contributed by atoms with E-state index in [1.807, 2.05) is 78.9 Å². The van der Waals surface area contributed by atoms with Crippen molar-refractivity contribution in [3.8, 4) is 17.6 Å². The molecule has 0 aliphatic carbocycles. The van der Waals surface area contributed by atoms with Crippen LogP contribution in [0.3, 0.4) is 0 Å². The van der Waals surface area contributed by atoms with E-state index >= 15 is 0 Å². The number of benzene rings is 3. The highest BCUT2D eigenvalue weighted by molar-refractivity contribution is 5.90. The zero-order valence-electron chi connectivity index (χ0n) is 15.7. The van der Waals surface area contributed by atoms with Crippen LogP contribution in [0.2, 0.25) is 0 Å². The number of imidazole rings is 1. The summed E-state index contributed by atoms with van der Waals surface area (Å²) in [5, 5.41) is 9.59.